The zero-order valence-electron chi connectivity index (χ0n) is 18.3. The zero-order chi connectivity index (χ0) is 20.7. The number of piperidine rings is 1. The third-order valence-corrected chi connectivity index (χ3v) is 6.61. The Morgan fingerprint density at radius 1 is 1.30 bits per heavy atom. The number of hydrogen-bond donors (Lipinski definition) is 3. The number of primary amides is 1. The van der Waals surface area contributed by atoms with Crippen molar-refractivity contribution in [1.82, 2.24) is 15.6 Å². The molecule has 0 spiro atoms. The second kappa shape index (κ2) is 11.7. The van der Waals surface area contributed by atoms with Crippen LogP contribution in [-0.4, -0.2) is 43.0 Å². The maximum absolute atomic E-state index is 11.4. The largest absolute Gasteiger partial charge is 0.369 e. The predicted molar refractivity (Wildman–Crippen MR) is 133 cm³/mol. The van der Waals surface area contributed by atoms with E-state index in [0.29, 0.717) is 12.0 Å². The van der Waals surface area contributed by atoms with E-state index in [4.69, 9.17) is 10.7 Å². The summed E-state index contributed by atoms with van der Waals surface area (Å²) in [4.78, 5) is 23.1. The van der Waals surface area contributed by atoms with Gasteiger partial charge in [0.25, 0.3) is 0 Å². The molecule has 2 aliphatic rings. The van der Waals surface area contributed by atoms with E-state index in [1.54, 1.807) is 0 Å². The van der Waals surface area contributed by atoms with E-state index in [-0.39, 0.29) is 35.8 Å². The standard InChI is InChI=1S/C22H36N6O.HI/c1-3-22(10-6-11-22)16-27-21(24-4-2)26-15-18-7-5-12-25-20(18)28-13-8-17(9-14-28)19(23)29;/h5,7,12,17H,3-4,6,8-11,13-16H2,1-2H3,(H2,23,29)(H2,24,26,27);1H. The van der Waals surface area contributed by atoms with Gasteiger partial charge in [0.15, 0.2) is 5.96 Å². The fourth-order valence-electron chi connectivity index (χ4n) is 4.32. The lowest BCUT2D eigenvalue weighted by atomic mass is 9.67. The molecule has 1 amide bonds. The van der Waals surface area contributed by atoms with Gasteiger partial charge >= 0.3 is 0 Å². The Morgan fingerprint density at radius 3 is 2.60 bits per heavy atom. The minimum absolute atomic E-state index is 0. The molecular weight excluding hydrogens is 491 g/mol. The molecule has 0 aromatic carbocycles. The summed E-state index contributed by atoms with van der Waals surface area (Å²) >= 11 is 0. The number of hydrogen-bond acceptors (Lipinski definition) is 4. The van der Waals surface area contributed by atoms with Crippen molar-refractivity contribution in [3.63, 3.8) is 0 Å². The molecule has 1 aromatic heterocycles. The quantitative estimate of drug-likeness (QED) is 0.274. The monoisotopic (exact) mass is 528 g/mol. The summed E-state index contributed by atoms with van der Waals surface area (Å²) in [7, 11) is 0. The third-order valence-electron chi connectivity index (χ3n) is 6.61. The van der Waals surface area contributed by atoms with Crippen LogP contribution < -0.4 is 21.3 Å². The minimum atomic E-state index is -0.187. The lowest BCUT2D eigenvalue weighted by Gasteiger charge is -2.41. The first-order valence-electron chi connectivity index (χ1n) is 11.1. The van der Waals surface area contributed by atoms with Crippen molar-refractivity contribution in [2.24, 2.45) is 22.1 Å². The van der Waals surface area contributed by atoms with Gasteiger partial charge in [-0.05, 0) is 50.5 Å². The Bertz CT molecular complexity index is 708. The summed E-state index contributed by atoms with van der Waals surface area (Å²) in [6.07, 6.45) is 8.58. The molecule has 1 saturated heterocycles. The van der Waals surface area contributed by atoms with Crippen LogP contribution in [-0.2, 0) is 11.3 Å². The number of nitrogens with two attached hydrogens (primary N) is 1. The summed E-state index contributed by atoms with van der Waals surface area (Å²) < 4.78 is 0. The van der Waals surface area contributed by atoms with Crippen LogP contribution in [0, 0.1) is 11.3 Å². The number of amides is 1. The van der Waals surface area contributed by atoms with Crippen LogP contribution in [0.1, 0.15) is 57.9 Å². The number of carbonyl (C=O) groups excluding carboxylic acids is 1. The van der Waals surface area contributed by atoms with Gasteiger partial charge < -0.3 is 21.3 Å². The van der Waals surface area contributed by atoms with Gasteiger partial charge in [-0.2, -0.15) is 0 Å². The molecule has 168 valence electrons. The van der Waals surface area contributed by atoms with Crippen LogP contribution >= 0.6 is 24.0 Å². The number of aromatic nitrogens is 1. The molecule has 1 aromatic rings. The number of carbonyl (C=O) groups is 1. The molecule has 2 fully saturated rings. The van der Waals surface area contributed by atoms with Gasteiger partial charge in [-0.3, -0.25) is 4.79 Å². The van der Waals surface area contributed by atoms with E-state index < -0.39 is 0 Å². The highest BCUT2D eigenvalue weighted by molar-refractivity contribution is 14.0. The van der Waals surface area contributed by atoms with Crippen LogP contribution in [0.2, 0.25) is 0 Å². The number of guanidine groups is 1. The van der Waals surface area contributed by atoms with E-state index >= 15 is 0 Å². The van der Waals surface area contributed by atoms with Crippen molar-refractivity contribution >= 4 is 41.7 Å². The summed E-state index contributed by atoms with van der Waals surface area (Å²) in [5.74, 6) is 1.64. The lowest BCUT2D eigenvalue weighted by Crippen LogP contribution is -2.46. The first kappa shape index (κ1) is 24.7. The Balaban J connectivity index is 0.00000320. The molecule has 7 nitrogen and oxygen atoms in total. The fraction of sp³-hybridized carbons (Fsp3) is 0.682. The number of anilines is 1. The third kappa shape index (κ3) is 6.21. The molecule has 8 heteroatoms. The van der Waals surface area contributed by atoms with Crippen LogP contribution in [0.25, 0.3) is 0 Å². The second-order valence-electron chi connectivity index (χ2n) is 8.41. The van der Waals surface area contributed by atoms with Crippen molar-refractivity contribution < 1.29 is 4.79 Å². The molecule has 4 N–H and O–H groups in total. The second-order valence-corrected chi connectivity index (χ2v) is 8.41. The molecule has 0 radical (unpaired) electrons. The van der Waals surface area contributed by atoms with Crippen molar-refractivity contribution in [1.29, 1.82) is 0 Å². The summed E-state index contributed by atoms with van der Waals surface area (Å²) in [6, 6.07) is 4.06. The number of pyridine rings is 1. The van der Waals surface area contributed by atoms with Crippen molar-refractivity contribution in [2.75, 3.05) is 31.1 Å². The van der Waals surface area contributed by atoms with Crippen LogP contribution in [0.4, 0.5) is 5.82 Å². The van der Waals surface area contributed by atoms with Crippen LogP contribution in [0.3, 0.4) is 0 Å². The maximum atomic E-state index is 11.4. The number of rotatable bonds is 8. The van der Waals surface area contributed by atoms with Gasteiger partial charge in [-0.1, -0.05) is 19.4 Å². The zero-order valence-corrected chi connectivity index (χ0v) is 20.7. The number of halogens is 1. The topological polar surface area (TPSA) is 95.6 Å². The molecule has 1 saturated carbocycles. The minimum Gasteiger partial charge on any atom is -0.369 e. The van der Waals surface area contributed by atoms with Gasteiger partial charge in [0.2, 0.25) is 5.91 Å². The van der Waals surface area contributed by atoms with E-state index in [9.17, 15) is 4.79 Å². The van der Waals surface area contributed by atoms with Crippen molar-refractivity contribution in [3.05, 3.63) is 23.9 Å². The summed E-state index contributed by atoms with van der Waals surface area (Å²) in [5.41, 5.74) is 7.02. The SMILES string of the molecule is CCNC(=NCc1cccnc1N1CCC(C(N)=O)CC1)NCC1(CC)CCC1.I. The average Bonchev–Trinajstić information content (AvgIpc) is 2.71. The molecule has 3 rings (SSSR count). The Kier molecular flexibility index (Phi) is 9.64. The van der Waals surface area contributed by atoms with Gasteiger partial charge in [0.05, 0.1) is 6.54 Å². The van der Waals surface area contributed by atoms with Crippen LogP contribution in [0.5, 0.6) is 0 Å². The van der Waals surface area contributed by atoms with Gasteiger partial charge in [-0.25, -0.2) is 9.98 Å². The first-order valence-corrected chi connectivity index (χ1v) is 11.1. The van der Waals surface area contributed by atoms with E-state index in [1.165, 1.54) is 25.7 Å². The Labute approximate surface area is 197 Å². The number of aliphatic imine (C=N–C) groups is 1. The highest BCUT2D eigenvalue weighted by atomic mass is 127. The predicted octanol–water partition coefficient (Wildman–Crippen LogP) is 3.04. The molecule has 0 atom stereocenters. The van der Waals surface area contributed by atoms with Crippen molar-refractivity contribution in [2.45, 2.75) is 58.9 Å². The Hall–Kier alpha value is -1.58. The van der Waals surface area contributed by atoms with Gasteiger partial charge in [0, 0.05) is 43.9 Å². The average molecular weight is 528 g/mol. The summed E-state index contributed by atoms with van der Waals surface area (Å²) in [5, 5.41) is 6.92. The first-order chi connectivity index (χ1) is 14.1. The number of nitrogens with one attached hydrogen (secondary N) is 2. The highest BCUT2D eigenvalue weighted by Crippen LogP contribution is 2.43. The highest BCUT2D eigenvalue weighted by Gasteiger charge is 2.34. The summed E-state index contributed by atoms with van der Waals surface area (Å²) in [6.45, 7) is 8.38. The Morgan fingerprint density at radius 2 is 2.03 bits per heavy atom. The molecule has 0 bridgehead atoms. The molecule has 1 aliphatic heterocycles. The lowest BCUT2D eigenvalue weighted by molar-refractivity contribution is -0.122. The van der Waals surface area contributed by atoms with E-state index in [1.807, 2.05) is 12.3 Å². The molecule has 1 aliphatic carbocycles. The van der Waals surface area contributed by atoms with E-state index in [2.05, 4.69) is 40.4 Å². The fourth-order valence-corrected chi connectivity index (χ4v) is 4.32. The molecule has 0 unspecified atom stereocenters. The molecular formula is C22H37IN6O. The maximum Gasteiger partial charge on any atom is 0.220 e. The molecule has 2 heterocycles. The van der Waals surface area contributed by atoms with Gasteiger partial charge in [-0.15, -0.1) is 24.0 Å². The normalized spacial score (nSPS) is 18.9. The van der Waals surface area contributed by atoms with E-state index in [0.717, 1.165) is 56.4 Å². The number of nitrogens with zero attached hydrogens (tertiary/aromatic N) is 3. The smallest absolute Gasteiger partial charge is 0.220 e. The van der Waals surface area contributed by atoms with Gasteiger partial charge in [0.1, 0.15) is 5.82 Å². The molecule has 30 heavy (non-hydrogen) atoms. The van der Waals surface area contributed by atoms with Crippen molar-refractivity contribution in [3.8, 4) is 0 Å². The van der Waals surface area contributed by atoms with Crippen LogP contribution in [0.15, 0.2) is 23.3 Å².